The van der Waals surface area contributed by atoms with E-state index >= 15 is 0 Å². The summed E-state index contributed by atoms with van der Waals surface area (Å²) in [6.07, 6.45) is 2.09. The highest BCUT2D eigenvalue weighted by molar-refractivity contribution is 9.10. The highest BCUT2D eigenvalue weighted by Crippen LogP contribution is 2.23. The zero-order chi connectivity index (χ0) is 12.1. The van der Waals surface area contributed by atoms with Crippen molar-refractivity contribution in [3.05, 3.63) is 34.1 Å². The molecule has 16 heavy (non-hydrogen) atoms. The maximum absolute atomic E-state index is 12.9. The molecule has 0 saturated carbocycles. The second-order valence-electron chi connectivity index (χ2n) is 4.19. The van der Waals surface area contributed by atoms with Gasteiger partial charge in [0.05, 0.1) is 0 Å². The van der Waals surface area contributed by atoms with Crippen molar-refractivity contribution in [3.63, 3.8) is 0 Å². The molecule has 0 aromatic heterocycles. The van der Waals surface area contributed by atoms with Crippen LogP contribution in [0.4, 0.5) is 4.39 Å². The maximum atomic E-state index is 12.9. The molecule has 1 aromatic rings. The number of rotatable bonds is 5. The molecule has 0 aliphatic heterocycles. The molecule has 0 spiro atoms. The molecule has 1 aromatic carbocycles. The van der Waals surface area contributed by atoms with Gasteiger partial charge in [-0.1, -0.05) is 35.3 Å². The first kappa shape index (κ1) is 13.7. The third kappa shape index (κ3) is 3.56. The van der Waals surface area contributed by atoms with Gasteiger partial charge in [0.2, 0.25) is 0 Å². The Kier molecular flexibility index (Phi) is 5.42. The van der Waals surface area contributed by atoms with Gasteiger partial charge in [-0.25, -0.2) is 4.39 Å². The molecule has 0 fully saturated rings. The van der Waals surface area contributed by atoms with Crippen LogP contribution in [0.25, 0.3) is 0 Å². The minimum absolute atomic E-state index is 0.190. The van der Waals surface area contributed by atoms with Crippen LogP contribution in [0, 0.1) is 11.7 Å². The molecule has 0 saturated heterocycles. The van der Waals surface area contributed by atoms with Crippen molar-refractivity contribution in [1.29, 1.82) is 0 Å². The largest absolute Gasteiger partial charge is 0.317 e. The van der Waals surface area contributed by atoms with Crippen LogP contribution in [0.2, 0.25) is 0 Å². The van der Waals surface area contributed by atoms with Gasteiger partial charge in [0.25, 0.3) is 0 Å². The number of hydrogen-bond acceptors (Lipinski definition) is 1. The smallest absolute Gasteiger partial charge is 0.124 e. The van der Waals surface area contributed by atoms with Crippen molar-refractivity contribution in [2.45, 2.75) is 32.7 Å². The van der Waals surface area contributed by atoms with Gasteiger partial charge < -0.3 is 5.32 Å². The molecular weight excluding hydrogens is 269 g/mol. The van der Waals surface area contributed by atoms with Gasteiger partial charge in [-0.3, -0.25) is 0 Å². The van der Waals surface area contributed by atoms with Crippen molar-refractivity contribution < 1.29 is 4.39 Å². The third-order valence-electron chi connectivity index (χ3n) is 3.18. The standard InChI is InChI=1S/C13H19BrFN/c1-4-10(9(2)16-3)7-11-5-6-12(15)8-13(11)14/h5-6,8-10,16H,4,7H2,1-3H3. The fraction of sp³-hybridized carbons (Fsp3) is 0.538. The minimum Gasteiger partial charge on any atom is -0.317 e. The lowest BCUT2D eigenvalue weighted by Crippen LogP contribution is -2.31. The lowest BCUT2D eigenvalue weighted by molar-refractivity contribution is 0.381. The molecule has 1 rings (SSSR count). The summed E-state index contributed by atoms with van der Waals surface area (Å²) in [6.45, 7) is 4.38. The van der Waals surface area contributed by atoms with E-state index in [2.05, 4.69) is 35.1 Å². The zero-order valence-corrected chi connectivity index (χ0v) is 11.6. The Morgan fingerprint density at radius 1 is 1.44 bits per heavy atom. The molecule has 3 heteroatoms. The summed E-state index contributed by atoms with van der Waals surface area (Å²) < 4.78 is 13.8. The van der Waals surface area contributed by atoms with Gasteiger partial charge >= 0.3 is 0 Å². The fourth-order valence-electron chi connectivity index (χ4n) is 1.88. The van der Waals surface area contributed by atoms with E-state index in [1.54, 1.807) is 0 Å². The van der Waals surface area contributed by atoms with Gasteiger partial charge in [0.1, 0.15) is 5.82 Å². The van der Waals surface area contributed by atoms with E-state index in [0.29, 0.717) is 12.0 Å². The second-order valence-corrected chi connectivity index (χ2v) is 5.04. The van der Waals surface area contributed by atoms with E-state index in [9.17, 15) is 4.39 Å². The molecule has 1 N–H and O–H groups in total. The summed E-state index contributed by atoms with van der Waals surface area (Å²) in [4.78, 5) is 0. The first-order valence-corrected chi connectivity index (χ1v) is 6.49. The van der Waals surface area contributed by atoms with Gasteiger partial charge in [-0.2, -0.15) is 0 Å². The summed E-state index contributed by atoms with van der Waals surface area (Å²) in [5.41, 5.74) is 1.18. The Labute approximate surface area is 106 Å². The van der Waals surface area contributed by atoms with E-state index < -0.39 is 0 Å². The summed E-state index contributed by atoms with van der Waals surface area (Å²) in [5.74, 6) is 0.386. The Morgan fingerprint density at radius 2 is 2.12 bits per heavy atom. The summed E-state index contributed by atoms with van der Waals surface area (Å²) in [5, 5.41) is 3.28. The first-order valence-electron chi connectivity index (χ1n) is 5.69. The molecule has 1 nitrogen and oxygen atoms in total. The van der Waals surface area contributed by atoms with Crippen molar-refractivity contribution in [3.8, 4) is 0 Å². The average Bonchev–Trinajstić information content (AvgIpc) is 2.27. The second kappa shape index (κ2) is 6.36. The van der Waals surface area contributed by atoms with E-state index in [4.69, 9.17) is 0 Å². The molecule has 0 radical (unpaired) electrons. The normalized spacial score (nSPS) is 14.8. The monoisotopic (exact) mass is 287 g/mol. The Morgan fingerprint density at radius 3 is 2.62 bits per heavy atom. The lowest BCUT2D eigenvalue weighted by atomic mass is 9.91. The van der Waals surface area contributed by atoms with Crippen LogP contribution in [0.15, 0.2) is 22.7 Å². The molecule has 0 amide bonds. The predicted molar refractivity (Wildman–Crippen MR) is 70.1 cm³/mol. The Balaban J connectivity index is 2.78. The average molecular weight is 288 g/mol. The molecule has 2 unspecified atom stereocenters. The SMILES string of the molecule is CCC(Cc1ccc(F)cc1Br)C(C)NC. The number of benzene rings is 1. The molecule has 0 aliphatic rings. The molecule has 0 heterocycles. The van der Waals surface area contributed by atoms with Crippen molar-refractivity contribution in [2.75, 3.05) is 7.05 Å². The van der Waals surface area contributed by atoms with Crippen LogP contribution in [0.3, 0.4) is 0 Å². The third-order valence-corrected chi connectivity index (χ3v) is 3.92. The van der Waals surface area contributed by atoms with Crippen molar-refractivity contribution >= 4 is 15.9 Å². The van der Waals surface area contributed by atoms with Crippen LogP contribution >= 0.6 is 15.9 Å². The molecule has 90 valence electrons. The number of nitrogens with one attached hydrogen (secondary N) is 1. The summed E-state index contributed by atoms with van der Waals surface area (Å²) in [6, 6.07) is 5.40. The minimum atomic E-state index is -0.190. The van der Waals surface area contributed by atoms with E-state index in [1.165, 1.54) is 17.7 Å². The van der Waals surface area contributed by atoms with Gasteiger partial charge in [-0.05, 0) is 44.0 Å². The quantitative estimate of drug-likeness (QED) is 0.869. The molecule has 0 bridgehead atoms. The van der Waals surface area contributed by atoms with Crippen LogP contribution in [-0.4, -0.2) is 13.1 Å². The predicted octanol–water partition coefficient (Wildman–Crippen LogP) is 3.76. The Bertz CT molecular complexity index is 341. The van der Waals surface area contributed by atoms with Crippen molar-refractivity contribution in [2.24, 2.45) is 5.92 Å². The van der Waals surface area contributed by atoms with Crippen LogP contribution < -0.4 is 5.32 Å². The topological polar surface area (TPSA) is 12.0 Å². The highest BCUT2D eigenvalue weighted by atomic mass is 79.9. The first-order chi connectivity index (χ1) is 7.58. The van der Waals surface area contributed by atoms with Gasteiger partial charge in [-0.15, -0.1) is 0 Å². The Hall–Kier alpha value is -0.410. The molecule has 0 aliphatic carbocycles. The zero-order valence-electron chi connectivity index (χ0n) is 10.1. The van der Waals surface area contributed by atoms with Crippen LogP contribution in [-0.2, 0) is 6.42 Å². The van der Waals surface area contributed by atoms with Gasteiger partial charge in [0, 0.05) is 10.5 Å². The van der Waals surface area contributed by atoms with Crippen LogP contribution in [0.5, 0.6) is 0 Å². The highest BCUT2D eigenvalue weighted by Gasteiger charge is 2.15. The maximum Gasteiger partial charge on any atom is 0.124 e. The lowest BCUT2D eigenvalue weighted by Gasteiger charge is -2.22. The van der Waals surface area contributed by atoms with E-state index in [0.717, 1.165) is 17.3 Å². The molecular formula is C13H19BrFN. The van der Waals surface area contributed by atoms with Crippen molar-refractivity contribution in [1.82, 2.24) is 5.32 Å². The van der Waals surface area contributed by atoms with Crippen LogP contribution in [0.1, 0.15) is 25.8 Å². The fourth-order valence-corrected chi connectivity index (χ4v) is 2.39. The summed E-state index contributed by atoms with van der Waals surface area (Å²) >= 11 is 3.42. The number of hydrogen-bond donors (Lipinski definition) is 1. The number of halogens is 2. The van der Waals surface area contributed by atoms with E-state index in [1.807, 2.05) is 13.1 Å². The van der Waals surface area contributed by atoms with Gasteiger partial charge in [0.15, 0.2) is 0 Å². The van der Waals surface area contributed by atoms with E-state index in [-0.39, 0.29) is 5.82 Å². The molecule has 2 atom stereocenters. The summed E-state index contributed by atoms with van der Waals surface area (Å²) in [7, 11) is 1.98.